The number of carbonyl (C=O) groups excluding carboxylic acids is 1. The molecule has 0 bridgehead atoms. The lowest BCUT2D eigenvalue weighted by molar-refractivity contribution is 0.00315. The summed E-state index contributed by atoms with van der Waals surface area (Å²) in [5.41, 5.74) is 0.523. The summed E-state index contributed by atoms with van der Waals surface area (Å²) in [4.78, 5) is 12.3. The molecule has 0 heterocycles. The van der Waals surface area contributed by atoms with Crippen molar-refractivity contribution in [2.45, 2.75) is 12.5 Å². The van der Waals surface area contributed by atoms with Crippen LogP contribution in [-0.2, 0) is 10.3 Å². The highest BCUT2D eigenvalue weighted by Gasteiger charge is 2.27. The monoisotopic (exact) mass is 371 g/mol. The third-order valence-electron chi connectivity index (χ3n) is 3.65. The fourth-order valence-corrected chi connectivity index (χ4v) is 2.81. The van der Waals surface area contributed by atoms with Gasteiger partial charge in [-0.15, -0.1) is 0 Å². The molecule has 0 radical (unpaired) electrons. The predicted molar refractivity (Wildman–Crippen MR) is 94.6 cm³/mol. The lowest BCUT2D eigenvalue weighted by Gasteiger charge is -2.29. The second-order valence-electron chi connectivity index (χ2n) is 5.25. The second-order valence-corrected chi connectivity index (χ2v) is 6.53. The molecule has 1 atom stereocenters. The molecule has 2 aromatic carbocycles. The molecule has 0 spiro atoms. The van der Waals surface area contributed by atoms with Crippen molar-refractivity contribution >= 4 is 40.7 Å². The molecule has 0 aliphatic rings. The zero-order chi connectivity index (χ0) is 17.0. The van der Waals surface area contributed by atoms with E-state index >= 15 is 0 Å². The fourth-order valence-electron chi connectivity index (χ4n) is 2.13. The molecule has 122 valence electrons. The first-order valence-electron chi connectivity index (χ1n) is 6.90. The molecule has 0 saturated heterocycles. The molecule has 3 nitrogen and oxygen atoms in total. The molecule has 6 heteroatoms. The summed E-state index contributed by atoms with van der Waals surface area (Å²) in [5, 5.41) is 4.22. The van der Waals surface area contributed by atoms with Gasteiger partial charge in [0.25, 0.3) is 5.91 Å². The Bertz CT molecular complexity index is 721. The first-order valence-corrected chi connectivity index (χ1v) is 8.03. The van der Waals surface area contributed by atoms with E-state index in [0.29, 0.717) is 20.6 Å². The zero-order valence-electron chi connectivity index (χ0n) is 12.7. The number of hydrogen-bond donors (Lipinski definition) is 1. The average molecular weight is 373 g/mol. The van der Waals surface area contributed by atoms with Crippen molar-refractivity contribution in [3.63, 3.8) is 0 Å². The van der Waals surface area contributed by atoms with E-state index in [1.807, 2.05) is 25.1 Å². The first-order chi connectivity index (χ1) is 10.9. The van der Waals surface area contributed by atoms with Crippen molar-refractivity contribution in [3.8, 4) is 0 Å². The van der Waals surface area contributed by atoms with Gasteiger partial charge in [-0.3, -0.25) is 4.79 Å². The number of hydrogen-bond acceptors (Lipinski definition) is 2. The van der Waals surface area contributed by atoms with Gasteiger partial charge in [0.2, 0.25) is 0 Å². The Labute approximate surface area is 150 Å². The van der Waals surface area contributed by atoms with Crippen molar-refractivity contribution in [1.82, 2.24) is 5.32 Å². The first kappa shape index (κ1) is 18.1. The average Bonchev–Trinajstić information content (AvgIpc) is 2.52. The molecule has 0 aliphatic heterocycles. The normalized spacial score (nSPS) is 13.4. The van der Waals surface area contributed by atoms with Gasteiger partial charge < -0.3 is 10.1 Å². The largest absolute Gasteiger partial charge is 0.372 e. The highest BCUT2D eigenvalue weighted by molar-refractivity contribution is 6.36. The van der Waals surface area contributed by atoms with Crippen molar-refractivity contribution in [2.24, 2.45) is 0 Å². The molecular formula is C17H16Cl3NO2. The molecule has 2 aromatic rings. The van der Waals surface area contributed by atoms with Gasteiger partial charge in [-0.2, -0.15) is 0 Å². The van der Waals surface area contributed by atoms with E-state index in [-0.39, 0.29) is 12.5 Å². The number of halogens is 3. The Morgan fingerprint density at radius 2 is 1.83 bits per heavy atom. The van der Waals surface area contributed by atoms with Gasteiger partial charge in [-0.05, 0) is 42.8 Å². The van der Waals surface area contributed by atoms with Gasteiger partial charge in [0.1, 0.15) is 5.60 Å². The molecular weight excluding hydrogens is 357 g/mol. The van der Waals surface area contributed by atoms with Crippen LogP contribution < -0.4 is 5.32 Å². The standard InChI is InChI=1S/C17H16Cl3NO2/c1-17(23-2,11-4-3-5-12(18)8-11)10-21-16(22)14-7-6-13(19)9-15(14)20/h3-9H,10H2,1-2H3,(H,21,22). The Morgan fingerprint density at radius 3 is 2.43 bits per heavy atom. The minimum absolute atomic E-state index is 0.266. The summed E-state index contributed by atoms with van der Waals surface area (Å²) in [5.74, 6) is -0.294. The van der Waals surface area contributed by atoms with Crippen LogP contribution in [0.3, 0.4) is 0 Å². The molecule has 23 heavy (non-hydrogen) atoms. The van der Waals surface area contributed by atoms with Gasteiger partial charge in [-0.25, -0.2) is 0 Å². The minimum atomic E-state index is -0.709. The van der Waals surface area contributed by atoms with Crippen LogP contribution in [0.2, 0.25) is 15.1 Å². The van der Waals surface area contributed by atoms with Gasteiger partial charge in [0, 0.05) is 17.2 Å². The predicted octanol–water partition coefficient (Wildman–Crippen LogP) is 4.94. The summed E-state index contributed by atoms with van der Waals surface area (Å²) in [7, 11) is 1.59. The second kappa shape index (κ2) is 7.54. The molecule has 1 N–H and O–H groups in total. The summed E-state index contributed by atoms with van der Waals surface area (Å²) >= 11 is 17.9. The quantitative estimate of drug-likeness (QED) is 0.807. The van der Waals surface area contributed by atoms with Crippen LogP contribution in [0.1, 0.15) is 22.8 Å². The molecule has 0 saturated carbocycles. The number of ether oxygens (including phenoxy) is 1. The van der Waals surface area contributed by atoms with E-state index in [0.717, 1.165) is 5.56 Å². The summed E-state index contributed by atoms with van der Waals surface area (Å²) in [6.45, 7) is 2.14. The number of amides is 1. The Morgan fingerprint density at radius 1 is 1.13 bits per heavy atom. The summed E-state index contributed by atoms with van der Waals surface area (Å²) in [6, 6.07) is 12.1. The van der Waals surface area contributed by atoms with E-state index in [4.69, 9.17) is 39.5 Å². The van der Waals surface area contributed by atoms with Crippen LogP contribution in [0.5, 0.6) is 0 Å². The molecule has 1 unspecified atom stereocenters. The SMILES string of the molecule is COC(C)(CNC(=O)c1ccc(Cl)cc1Cl)c1cccc(Cl)c1. The Balaban J connectivity index is 2.15. The fraction of sp³-hybridized carbons (Fsp3) is 0.235. The van der Waals surface area contributed by atoms with E-state index in [9.17, 15) is 4.79 Å². The van der Waals surface area contributed by atoms with E-state index < -0.39 is 5.60 Å². The number of nitrogens with one attached hydrogen (secondary N) is 1. The van der Waals surface area contributed by atoms with Crippen LogP contribution in [-0.4, -0.2) is 19.6 Å². The number of methoxy groups -OCH3 is 1. The maximum Gasteiger partial charge on any atom is 0.252 e. The molecule has 0 fully saturated rings. The van der Waals surface area contributed by atoms with E-state index in [2.05, 4.69) is 5.32 Å². The van der Waals surface area contributed by atoms with Crippen LogP contribution >= 0.6 is 34.8 Å². The van der Waals surface area contributed by atoms with Crippen molar-refractivity contribution in [1.29, 1.82) is 0 Å². The summed E-state index contributed by atoms with van der Waals surface area (Å²) < 4.78 is 5.59. The molecule has 1 amide bonds. The Kier molecular flexibility index (Phi) is 5.93. The van der Waals surface area contributed by atoms with Crippen LogP contribution in [0.15, 0.2) is 42.5 Å². The maximum atomic E-state index is 12.3. The third-order valence-corrected chi connectivity index (χ3v) is 4.43. The zero-order valence-corrected chi connectivity index (χ0v) is 15.0. The van der Waals surface area contributed by atoms with Crippen molar-refractivity contribution in [2.75, 3.05) is 13.7 Å². The highest BCUT2D eigenvalue weighted by Crippen LogP contribution is 2.27. The van der Waals surface area contributed by atoms with Crippen LogP contribution in [0.4, 0.5) is 0 Å². The van der Waals surface area contributed by atoms with Gasteiger partial charge in [0.05, 0.1) is 17.1 Å². The molecule has 0 aliphatic carbocycles. The minimum Gasteiger partial charge on any atom is -0.372 e. The third kappa shape index (κ3) is 4.39. The summed E-state index contributed by atoms with van der Waals surface area (Å²) in [6.07, 6.45) is 0. The number of benzene rings is 2. The van der Waals surface area contributed by atoms with E-state index in [1.165, 1.54) is 6.07 Å². The van der Waals surface area contributed by atoms with Gasteiger partial charge in [0.15, 0.2) is 0 Å². The maximum absolute atomic E-state index is 12.3. The Hall–Kier alpha value is -1.26. The van der Waals surface area contributed by atoms with Crippen molar-refractivity contribution in [3.05, 3.63) is 68.7 Å². The topological polar surface area (TPSA) is 38.3 Å². The van der Waals surface area contributed by atoms with Crippen molar-refractivity contribution < 1.29 is 9.53 Å². The lowest BCUT2D eigenvalue weighted by Crippen LogP contribution is -2.40. The number of carbonyl (C=O) groups is 1. The smallest absolute Gasteiger partial charge is 0.252 e. The van der Waals surface area contributed by atoms with E-state index in [1.54, 1.807) is 25.3 Å². The number of rotatable bonds is 5. The van der Waals surface area contributed by atoms with Crippen LogP contribution in [0, 0.1) is 0 Å². The van der Waals surface area contributed by atoms with Gasteiger partial charge in [-0.1, -0.05) is 46.9 Å². The van der Waals surface area contributed by atoms with Crippen LogP contribution in [0.25, 0.3) is 0 Å². The lowest BCUT2D eigenvalue weighted by atomic mass is 9.95. The molecule has 2 rings (SSSR count). The highest BCUT2D eigenvalue weighted by atomic mass is 35.5. The molecule has 0 aromatic heterocycles. The van der Waals surface area contributed by atoms with Gasteiger partial charge >= 0.3 is 0 Å².